The van der Waals surface area contributed by atoms with Gasteiger partial charge < -0.3 is 15.0 Å². The maximum atomic E-state index is 13.9. The van der Waals surface area contributed by atoms with Crippen LogP contribution in [0.15, 0.2) is 53.0 Å². The van der Waals surface area contributed by atoms with E-state index < -0.39 is 12.2 Å². The zero-order valence-electron chi connectivity index (χ0n) is 16.6. The number of nitrogens with zero attached hydrogens (tertiary/aromatic N) is 1. The van der Waals surface area contributed by atoms with Gasteiger partial charge in [-0.15, -0.1) is 0 Å². The number of benzene rings is 2. The van der Waals surface area contributed by atoms with E-state index in [2.05, 4.69) is 33.1 Å². The minimum Gasteiger partial charge on any atom is -0.384 e. The second-order valence-electron chi connectivity index (χ2n) is 7.92. The van der Waals surface area contributed by atoms with Crippen molar-refractivity contribution in [2.24, 2.45) is 5.41 Å². The van der Waals surface area contributed by atoms with Crippen molar-refractivity contribution >= 4 is 27.3 Å². The average Bonchev–Trinajstić information content (AvgIpc) is 2.67. The van der Waals surface area contributed by atoms with E-state index in [4.69, 9.17) is 4.74 Å². The van der Waals surface area contributed by atoms with Crippen LogP contribution in [0.3, 0.4) is 0 Å². The summed E-state index contributed by atoms with van der Waals surface area (Å²) in [4.78, 5) is 2.16. The molecule has 29 heavy (non-hydrogen) atoms. The van der Waals surface area contributed by atoms with Gasteiger partial charge in [0.05, 0.1) is 18.0 Å². The van der Waals surface area contributed by atoms with Crippen molar-refractivity contribution in [2.75, 3.05) is 37.0 Å². The number of hydrogen-bond donors (Lipinski definition) is 1. The van der Waals surface area contributed by atoms with E-state index in [-0.39, 0.29) is 11.0 Å². The van der Waals surface area contributed by atoms with Crippen LogP contribution < -0.4 is 10.2 Å². The van der Waals surface area contributed by atoms with Crippen LogP contribution in [0.25, 0.3) is 0 Å². The second-order valence-corrected chi connectivity index (χ2v) is 8.83. The molecular formula is C22H26BrF3N2O. The summed E-state index contributed by atoms with van der Waals surface area (Å²) in [6.45, 7) is 4.46. The predicted octanol–water partition coefficient (Wildman–Crippen LogP) is 6.42. The molecule has 2 aromatic rings. The number of hydrogen-bond acceptors (Lipinski definition) is 3. The molecule has 0 aromatic heterocycles. The van der Waals surface area contributed by atoms with Gasteiger partial charge in [-0.3, -0.25) is 0 Å². The molecule has 1 heterocycles. The van der Waals surface area contributed by atoms with E-state index >= 15 is 0 Å². The first kappa shape index (κ1) is 22.0. The molecule has 0 bridgehead atoms. The molecule has 3 nitrogen and oxygen atoms in total. The average molecular weight is 471 g/mol. The Bertz CT molecular complexity index is 802. The number of para-hydroxylation sites is 2. The van der Waals surface area contributed by atoms with Gasteiger partial charge in [-0.1, -0.05) is 47.1 Å². The number of ether oxygens (including phenoxy) is 1. The van der Waals surface area contributed by atoms with Gasteiger partial charge in [-0.2, -0.15) is 13.2 Å². The quantitative estimate of drug-likeness (QED) is 0.527. The highest BCUT2D eigenvalue weighted by molar-refractivity contribution is 9.10. The molecule has 2 aromatic carbocycles. The van der Waals surface area contributed by atoms with Crippen LogP contribution in [-0.2, 0) is 4.74 Å². The van der Waals surface area contributed by atoms with Gasteiger partial charge in [0.1, 0.15) is 6.04 Å². The lowest BCUT2D eigenvalue weighted by Crippen LogP contribution is -2.41. The predicted molar refractivity (Wildman–Crippen MR) is 114 cm³/mol. The summed E-state index contributed by atoms with van der Waals surface area (Å²) in [7, 11) is 1.70. The van der Waals surface area contributed by atoms with Crippen LogP contribution >= 0.6 is 15.9 Å². The summed E-state index contributed by atoms with van der Waals surface area (Å²) in [6, 6.07) is 11.7. The molecule has 1 aliphatic heterocycles. The molecule has 3 rings (SSSR count). The van der Waals surface area contributed by atoms with Crippen molar-refractivity contribution in [1.29, 1.82) is 0 Å². The Kier molecular flexibility index (Phi) is 6.79. The lowest BCUT2D eigenvalue weighted by atomic mass is 9.81. The van der Waals surface area contributed by atoms with Crippen LogP contribution in [0.1, 0.15) is 31.4 Å². The molecule has 1 saturated heterocycles. The molecule has 7 heteroatoms. The smallest absolute Gasteiger partial charge is 0.384 e. The van der Waals surface area contributed by atoms with Crippen LogP contribution in [0.2, 0.25) is 0 Å². The molecule has 0 spiro atoms. The van der Waals surface area contributed by atoms with Gasteiger partial charge in [-0.05, 0) is 48.1 Å². The second kappa shape index (κ2) is 8.96. The fourth-order valence-corrected chi connectivity index (χ4v) is 4.08. The molecule has 0 aliphatic carbocycles. The number of anilines is 2. The molecular weight excluding hydrogens is 445 g/mol. The standard InChI is InChI=1S/C22H26BrF3N2O/c1-21(15-29-2)11-13-28(14-12-21)19-6-4-3-5-18(19)27-20(22(24,25)26)16-7-9-17(23)10-8-16/h3-10,20,27H,11-15H2,1-2H3. The van der Waals surface area contributed by atoms with Crippen LogP contribution in [-0.4, -0.2) is 33.0 Å². The molecule has 1 aliphatic rings. The van der Waals surface area contributed by atoms with Gasteiger partial charge in [0.2, 0.25) is 0 Å². The summed E-state index contributed by atoms with van der Waals surface area (Å²) >= 11 is 3.28. The zero-order chi connectivity index (χ0) is 21.1. The SMILES string of the molecule is COCC1(C)CCN(c2ccccc2NC(c2ccc(Br)cc2)C(F)(F)F)CC1. The van der Waals surface area contributed by atoms with Gasteiger partial charge in [0.15, 0.2) is 0 Å². The molecule has 158 valence electrons. The molecule has 0 radical (unpaired) electrons. The number of alkyl halides is 3. The van der Waals surface area contributed by atoms with Crippen molar-refractivity contribution in [2.45, 2.75) is 32.0 Å². The number of methoxy groups -OCH3 is 1. The number of nitrogens with one attached hydrogen (secondary N) is 1. The lowest BCUT2D eigenvalue weighted by Gasteiger charge is -2.41. The van der Waals surface area contributed by atoms with Crippen molar-refractivity contribution in [3.8, 4) is 0 Å². The molecule has 1 N–H and O–H groups in total. The highest BCUT2D eigenvalue weighted by Gasteiger charge is 2.41. The molecule has 1 fully saturated rings. The van der Waals surface area contributed by atoms with Crippen LogP contribution in [0, 0.1) is 5.41 Å². The summed E-state index contributed by atoms with van der Waals surface area (Å²) in [6.07, 6.45) is -2.55. The third kappa shape index (κ3) is 5.45. The minimum atomic E-state index is -4.42. The maximum absolute atomic E-state index is 13.9. The summed E-state index contributed by atoms with van der Waals surface area (Å²) in [5.41, 5.74) is 1.59. The third-order valence-corrected chi connectivity index (χ3v) is 6.07. The van der Waals surface area contributed by atoms with Crippen LogP contribution in [0.4, 0.5) is 24.5 Å². The molecule has 1 atom stereocenters. The van der Waals surface area contributed by atoms with E-state index in [9.17, 15) is 13.2 Å². The Morgan fingerprint density at radius 1 is 1.10 bits per heavy atom. The van der Waals surface area contributed by atoms with E-state index in [0.29, 0.717) is 12.3 Å². The highest BCUT2D eigenvalue weighted by atomic mass is 79.9. The minimum absolute atomic E-state index is 0.111. The fourth-order valence-electron chi connectivity index (χ4n) is 3.82. The molecule has 0 saturated carbocycles. The van der Waals surface area contributed by atoms with Crippen molar-refractivity contribution in [1.82, 2.24) is 0 Å². The van der Waals surface area contributed by atoms with Crippen LogP contribution in [0.5, 0.6) is 0 Å². The van der Waals surface area contributed by atoms with Crippen molar-refractivity contribution in [3.05, 3.63) is 58.6 Å². The highest BCUT2D eigenvalue weighted by Crippen LogP contribution is 2.40. The van der Waals surface area contributed by atoms with E-state index in [1.165, 1.54) is 12.1 Å². The first-order chi connectivity index (χ1) is 13.7. The van der Waals surface area contributed by atoms with Gasteiger partial charge in [0, 0.05) is 24.7 Å². The normalized spacial score (nSPS) is 17.8. The number of halogens is 4. The van der Waals surface area contributed by atoms with E-state index in [1.807, 2.05) is 12.1 Å². The first-order valence-corrected chi connectivity index (χ1v) is 10.4. The molecule has 0 amide bonds. The maximum Gasteiger partial charge on any atom is 0.412 e. The topological polar surface area (TPSA) is 24.5 Å². The van der Waals surface area contributed by atoms with E-state index in [0.717, 1.165) is 36.1 Å². The monoisotopic (exact) mass is 470 g/mol. The first-order valence-electron chi connectivity index (χ1n) is 9.63. The number of piperidine rings is 1. The summed E-state index contributed by atoms with van der Waals surface area (Å²) in [5.74, 6) is 0. The fraction of sp³-hybridized carbons (Fsp3) is 0.455. The zero-order valence-corrected chi connectivity index (χ0v) is 18.2. The Balaban J connectivity index is 1.83. The number of rotatable bonds is 6. The van der Waals surface area contributed by atoms with Gasteiger partial charge in [-0.25, -0.2) is 0 Å². The lowest BCUT2D eigenvalue weighted by molar-refractivity contribution is -0.144. The summed E-state index contributed by atoms with van der Waals surface area (Å²) < 4.78 is 47.6. The Morgan fingerprint density at radius 3 is 2.31 bits per heavy atom. The van der Waals surface area contributed by atoms with Crippen molar-refractivity contribution < 1.29 is 17.9 Å². The van der Waals surface area contributed by atoms with Gasteiger partial charge in [0.25, 0.3) is 0 Å². The van der Waals surface area contributed by atoms with Crippen molar-refractivity contribution in [3.63, 3.8) is 0 Å². The Labute approximate surface area is 178 Å². The molecule has 1 unspecified atom stereocenters. The summed E-state index contributed by atoms with van der Waals surface area (Å²) in [5, 5.41) is 2.76. The van der Waals surface area contributed by atoms with Gasteiger partial charge >= 0.3 is 6.18 Å². The largest absolute Gasteiger partial charge is 0.412 e. The Hall–Kier alpha value is -1.73. The third-order valence-electron chi connectivity index (χ3n) is 5.54. The van der Waals surface area contributed by atoms with E-state index in [1.54, 1.807) is 31.4 Å². The Morgan fingerprint density at radius 2 is 1.72 bits per heavy atom.